The van der Waals surface area contributed by atoms with Crippen LogP contribution in [0, 0.1) is 17.3 Å². The Morgan fingerprint density at radius 2 is 1.56 bits per heavy atom. The van der Waals surface area contributed by atoms with Crippen LogP contribution in [0.5, 0.6) is 0 Å². The van der Waals surface area contributed by atoms with Crippen molar-refractivity contribution in [3.63, 3.8) is 0 Å². The first-order valence-electron chi connectivity index (χ1n) is 3.80. The summed E-state index contributed by atoms with van der Waals surface area (Å²) in [5.74, 6) is 2.12. The zero-order valence-corrected chi connectivity index (χ0v) is 5.38. The van der Waals surface area contributed by atoms with E-state index in [0.717, 1.165) is 11.8 Å². The molecule has 2 unspecified atom stereocenters. The van der Waals surface area contributed by atoms with Crippen LogP contribution in [0.1, 0.15) is 12.8 Å². The first-order chi connectivity index (χ1) is 4.43. The molecule has 0 aliphatic heterocycles. The monoisotopic (exact) mass is 118 g/mol. The summed E-state index contributed by atoms with van der Waals surface area (Å²) in [5.41, 5.74) is 0.611. The van der Waals surface area contributed by atoms with Gasteiger partial charge in [0.15, 0.2) is 0 Å². The Hall–Kier alpha value is -0.520. The molecule has 46 valence electrons. The summed E-state index contributed by atoms with van der Waals surface area (Å²) < 4.78 is 0. The first-order valence-corrected chi connectivity index (χ1v) is 3.80. The summed E-state index contributed by atoms with van der Waals surface area (Å²) in [5, 5.41) is 0. The molecule has 0 saturated heterocycles. The molecule has 2 saturated carbocycles. The van der Waals surface area contributed by atoms with Gasteiger partial charge in [0, 0.05) is 5.41 Å². The lowest BCUT2D eigenvalue weighted by atomic mass is 10.0. The molecule has 2 fully saturated rings. The van der Waals surface area contributed by atoms with Crippen LogP contribution in [0.2, 0.25) is 0 Å². The van der Waals surface area contributed by atoms with Gasteiger partial charge in [-0.05, 0) is 24.7 Å². The Morgan fingerprint density at radius 3 is 2.00 bits per heavy atom. The van der Waals surface area contributed by atoms with Crippen LogP contribution >= 0.6 is 0 Å². The van der Waals surface area contributed by atoms with Crippen molar-refractivity contribution in [2.24, 2.45) is 17.3 Å². The van der Waals surface area contributed by atoms with Crippen LogP contribution in [0.15, 0.2) is 24.3 Å². The molecule has 0 radical (unpaired) electrons. The SMILES string of the molecule is C1=CC2(C=C1)C1CCC12. The number of allylic oxidation sites excluding steroid dienone is 4. The van der Waals surface area contributed by atoms with Crippen molar-refractivity contribution in [3.05, 3.63) is 24.3 Å². The highest BCUT2D eigenvalue weighted by Gasteiger charge is 2.66. The Kier molecular flexibility index (Phi) is 0.493. The van der Waals surface area contributed by atoms with Gasteiger partial charge in [0.25, 0.3) is 0 Å². The third-order valence-corrected chi connectivity index (χ3v) is 3.33. The van der Waals surface area contributed by atoms with Gasteiger partial charge in [0.2, 0.25) is 0 Å². The molecule has 2 atom stereocenters. The number of fused-ring (bicyclic) bond motifs is 3. The maximum Gasteiger partial charge on any atom is 0.0130 e. The molecule has 9 heavy (non-hydrogen) atoms. The Labute approximate surface area is 55.3 Å². The molecule has 0 heterocycles. The van der Waals surface area contributed by atoms with Crippen molar-refractivity contribution in [3.8, 4) is 0 Å². The van der Waals surface area contributed by atoms with Crippen molar-refractivity contribution >= 4 is 0 Å². The van der Waals surface area contributed by atoms with Gasteiger partial charge < -0.3 is 0 Å². The summed E-state index contributed by atoms with van der Waals surface area (Å²) in [6.45, 7) is 0. The van der Waals surface area contributed by atoms with Crippen LogP contribution in [0.25, 0.3) is 0 Å². The van der Waals surface area contributed by atoms with Gasteiger partial charge in [-0.15, -0.1) is 0 Å². The van der Waals surface area contributed by atoms with E-state index in [2.05, 4.69) is 24.3 Å². The summed E-state index contributed by atoms with van der Waals surface area (Å²) in [6.07, 6.45) is 12.2. The van der Waals surface area contributed by atoms with Gasteiger partial charge in [-0.25, -0.2) is 0 Å². The van der Waals surface area contributed by atoms with Crippen LogP contribution in [-0.2, 0) is 0 Å². The summed E-state index contributed by atoms with van der Waals surface area (Å²) in [7, 11) is 0. The van der Waals surface area contributed by atoms with Crippen molar-refractivity contribution < 1.29 is 0 Å². The molecular formula is C9H10. The fourth-order valence-electron chi connectivity index (χ4n) is 2.58. The minimum Gasteiger partial charge on any atom is -0.0740 e. The fraction of sp³-hybridized carbons (Fsp3) is 0.556. The van der Waals surface area contributed by atoms with E-state index in [9.17, 15) is 0 Å². The molecule has 0 nitrogen and oxygen atoms in total. The highest BCUT2D eigenvalue weighted by molar-refractivity contribution is 5.39. The first kappa shape index (κ1) is 4.32. The topological polar surface area (TPSA) is 0 Å². The van der Waals surface area contributed by atoms with Gasteiger partial charge in [0.05, 0.1) is 0 Å². The minimum absolute atomic E-state index is 0.611. The molecule has 0 N–H and O–H groups in total. The van der Waals surface area contributed by atoms with E-state index in [4.69, 9.17) is 0 Å². The third kappa shape index (κ3) is 0.297. The lowest BCUT2D eigenvalue weighted by Gasteiger charge is -2.04. The maximum absolute atomic E-state index is 2.40. The summed E-state index contributed by atoms with van der Waals surface area (Å²) in [4.78, 5) is 0. The molecular weight excluding hydrogens is 108 g/mol. The molecule has 0 heteroatoms. The molecule has 0 aromatic heterocycles. The largest absolute Gasteiger partial charge is 0.0740 e. The number of hydrogen-bond acceptors (Lipinski definition) is 0. The zero-order valence-electron chi connectivity index (χ0n) is 5.38. The van der Waals surface area contributed by atoms with E-state index in [1.807, 2.05) is 0 Å². The standard InChI is InChI=1S/C9H10/c1-2-6-9(5-1)7-3-4-8(7)9/h1-2,5-8H,3-4H2. The number of hydrogen-bond donors (Lipinski definition) is 0. The Morgan fingerprint density at radius 1 is 1.00 bits per heavy atom. The zero-order chi connectivity index (χ0) is 5.90. The number of rotatable bonds is 0. The molecule has 3 aliphatic rings. The van der Waals surface area contributed by atoms with Crippen LogP contribution in [-0.4, -0.2) is 0 Å². The van der Waals surface area contributed by atoms with Crippen molar-refractivity contribution in [2.75, 3.05) is 0 Å². The average molecular weight is 118 g/mol. The van der Waals surface area contributed by atoms with Gasteiger partial charge in [-0.1, -0.05) is 24.3 Å². The van der Waals surface area contributed by atoms with Crippen LogP contribution in [0.4, 0.5) is 0 Å². The van der Waals surface area contributed by atoms with E-state index in [1.165, 1.54) is 12.8 Å². The summed E-state index contributed by atoms with van der Waals surface area (Å²) in [6, 6.07) is 0. The Bertz CT molecular complexity index is 186. The normalized spacial score (nSPS) is 47.1. The van der Waals surface area contributed by atoms with Crippen LogP contribution in [0.3, 0.4) is 0 Å². The molecule has 3 aliphatic carbocycles. The second-order valence-corrected chi connectivity index (χ2v) is 3.51. The van der Waals surface area contributed by atoms with Gasteiger partial charge in [0.1, 0.15) is 0 Å². The van der Waals surface area contributed by atoms with E-state index in [0.29, 0.717) is 5.41 Å². The third-order valence-electron chi connectivity index (χ3n) is 3.33. The predicted molar refractivity (Wildman–Crippen MR) is 36.9 cm³/mol. The van der Waals surface area contributed by atoms with E-state index in [1.54, 1.807) is 0 Å². The van der Waals surface area contributed by atoms with Crippen LogP contribution < -0.4 is 0 Å². The quantitative estimate of drug-likeness (QED) is 0.457. The predicted octanol–water partition coefficient (Wildman–Crippen LogP) is 2.14. The lowest BCUT2D eigenvalue weighted by Crippen LogP contribution is -1.93. The highest BCUT2D eigenvalue weighted by Crippen LogP contribution is 2.73. The van der Waals surface area contributed by atoms with Crippen molar-refractivity contribution in [1.29, 1.82) is 0 Å². The minimum atomic E-state index is 0.611. The second-order valence-electron chi connectivity index (χ2n) is 3.51. The molecule has 0 aromatic carbocycles. The summed E-state index contributed by atoms with van der Waals surface area (Å²) >= 11 is 0. The molecule has 0 amide bonds. The van der Waals surface area contributed by atoms with Crippen molar-refractivity contribution in [1.82, 2.24) is 0 Å². The maximum atomic E-state index is 2.40. The van der Waals surface area contributed by atoms with E-state index < -0.39 is 0 Å². The van der Waals surface area contributed by atoms with Crippen molar-refractivity contribution in [2.45, 2.75) is 12.8 Å². The molecule has 0 bridgehead atoms. The average Bonchev–Trinajstić information content (AvgIpc) is 2.23. The molecule has 0 aromatic rings. The molecule has 1 spiro atoms. The lowest BCUT2D eigenvalue weighted by molar-refractivity contribution is 0.468. The molecule has 3 rings (SSSR count). The fourth-order valence-corrected chi connectivity index (χ4v) is 2.58. The highest BCUT2D eigenvalue weighted by atomic mass is 14.7. The Balaban J connectivity index is 2.07. The smallest absolute Gasteiger partial charge is 0.0130 e. The van der Waals surface area contributed by atoms with Gasteiger partial charge in [-0.3, -0.25) is 0 Å². The van der Waals surface area contributed by atoms with Gasteiger partial charge in [-0.2, -0.15) is 0 Å². The van der Waals surface area contributed by atoms with E-state index >= 15 is 0 Å². The van der Waals surface area contributed by atoms with Gasteiger partial charge >= 0.3 is 0 Å². The van der Waals surface area contributed by atoms with E-state index in [-0.39, 0.29) is 0 Å². The second kappa shape index (κ2) is 1.03.